The van der Waals surface area contributed by atoms with Crippen LogP contribution in [-0.4, -0.2) is 38.4 Å². The smallest absolute Gasteiger partial charge is 0.244 e. The van der Waals surface area contributed by atoms with Gasteiger partial charge in [-0.3, -0.25) is 9.59 Å². The van der Waals surface area contributed by atoms with Crippen LogP contribution in [0.3, 0.4) is 0 Å². The van der Waals surface area contributed by atoms with Crippen LogP contribution in [0.2, 0.25) is 0 Å². The van der Waals surface area contributed by atoms with Crippen LogP contribution in [0.15, 0.2) is 42.5 Å². The second-order valence-corrected chi connectivity index (χ2v) is 7.10. The Balaban J connectivity index is 1.60. The third kappa shape index (κ3) is 3.84. The van der Waals surface area contributed by atoms with Crippen molar-refractivity contribution in [3.8, 4) is 0 Å². The number of nitrogens with one attached hydrogen (secondary N) is 2. The van der Waals surface area contributed by atoms with Crippen molar-refractivity contribution >= 4 is 39.6 Å². The first-order valence-corrected chi connectivity index (χ1v) is 9.64. The minimum atomic E-state index is -0.215. The minimum Gasteiger partial charge on any atom is -0.359 e. The summed E-state index contributed by atoms with van der Waals surface area (Å²) in [5, 5.41) is 5.51. The van der Waals surface area contributed by atoms with E-state index in [1.165, 1.54) is 0 Å². The molecule has 152 valence electrons. The van der Waals surface area contributed by atoms with Gasteiger partial charge in [-0.25, -0.2) is 15.0 Å². The van der Waals surface area contributed by atoms with Gasteiger partial charge in [-0.1, -0.05) is 12.1 Å². The average molecular weight is 402 g/mol. The number of hydrogen-bond donors (Lipinski definition) is 2. The number of aryl methyl sites for hydroxylation is 2. The van der Waals surface area contributed by atoms with E-state index in [1.807, 2.05) is 50.2 Å². The predicted octanol–water partition coefficient (Wildman–Crippen LogP) is 2.52. The minimum absolute atomic E-state index is 0.0451. The highest BCUT2D eigenvalue weighted by molar-refractivity contribution is 5.94. The fourth-order valence-corrected chi connectivity index (χ4v) is 3.32. The molecule has 30 heavy (non-hydrogen) atoms. The third-order valence-electron chi connectivity index (χ3n) is 4.99. The Morgan fingerprint density at radius 2 is 1.63 bits per heavy atom. The van der Waals surface area contributed by atoms with Gasteiger partial charge in [-0.2, -0.15) is 0 Å². The highest BCUT2D eigenvalue weighted by atomic mass is 16.2. The summed E-state index contributed by atoms with van der Waals surface area (Å²) >= 11 is 0. The van der Waals surface area contributed by atoms with Crippen molar-refractivity contribution in [2.45, 2.75) is 26.8 Å². The Bertz CT molecular complexity index is 1280. The van der Waals surface area contributed by atoms with Gasteiger partial charge in [0.05, 0.1) is 39.9 Å². The molecule has 0 aliphatic carbocycles. The van der Waals surface area contributed by atoms with Gasteiger partial charge in [0.1, 0.15) is 12.4 Å². The maximum absolute atomic E-state index is 12.8. The molecule has 4 rings (SSSR count). The molecule has 2 aromatic heterocycles. The Morgan fingerprint density at radius 1 is 0.900 bits per heavy atom. The number of para-hydroxylation sites is 2. The lowest BCUT2D eigenvalue weighted by Gasteiger charge is -2.11. The summed E-state index contributed by atoms with van der Waals surface area (Å²) < 4.78 is 1.77. The van der Waals surface area contributed by atoms with Crippen LogP contribution in [0.4, 0.5) is 5.69 Å². The lowest BCUT2D eigenvalue weighted by atomic mass is 10.2. The molecule has 0 spiro atoms. The van der Waals surface area contributed by atoms with Gasteiger partial charge in [0.25, 0.3) is 0 Å². The van der Waals surface area contributed by atoms with Crippen molar-refractivity contribution in [3.63, 3.8) is 0 Å². The summed E-state index contributed by atoms with van der Waals surface area (Å²) in [5.41, 5.74) is 5.44. The topological polar surface area (TPSA) is 102 Å². The second kappa shape index (κ2) is 7.90. The van der Waals surface area contributed by atoms with Crippen molar-refractivity contribution in [1.82, 2.24) is 24.8 Å². The van der Waals surface area contributed by atoms with E-state index in [2.05, 4.69) is 25.6 Å². The summed E-state index contributed by atoms with van der Waals surface area (Å²) in [4.78, 5) is 38.3. The number of anilines is 1. The maximum atomic E-state index is 12.8. The molecule has 8 nitrogen and oxygen atoms in total. The molecule has 0 bridgehead atoms. The number of fused-ring (bicyclic) bond motifs is 2. The van der Waals surface area contributed by atoms with E-state index in [1.54, 1.807) is 17.7 Å². The molecule has 2 N–H and O–H groups in total. The SMILES string of the molecule is CNC(=O)Cc1nc2ccccc2n1CC(=O)Nc1ccc2nc(C)c(C)nc2c1. The Kier molecular flexibility index (Phi) is 5.14. The van der Waals surface area contributed by atoms with E-state index >= 15 is 0 Å². The number of amides is 2. The predicted molar refractivity (Wildman–Crippen MR) is 115 cm³/mol. The van der Waals surface area contributed by atoms with Crippen molar-refractivity contribution in [2.24, 2.45) is 0 Å². The number of benzene rings is 2. The first-order valence-electron chi connectivity index (χ1n) is 9.64. The molecule has 0 radical (unpaired) electrons. The van der Waals surface area contributed by atoms with Crippen LogP contribution in [0.5, 0.6) is 0 Å². The standard InChI is InChI=1S/C22H22N6O2/c1-13-14(2)25-18-10-15(8-9-16(18)24-13)26-22(30)12-28-19-7-5-4-6-17(19)27-20(28)11-21(29)23-3/h4-10H,11-12H2,1-3H3,(H,23,29)(H,26,30). The third-order valence-corrected chi connectivity index (χ3v) is 4.99. The molecule has 0 aliphatic heterocycles. The number of carbonyl (C=O) groups is 2. The second-order valence-electron chi connectivity index (χ2n) is 7.10. The highest BCUT2D eigenvalue weighted by Crippen LogP contribution is 2.19. The molecule has 8 heteroatoms. The number of imidazole rings is 1. The first kappa shape index (κ1) is 19.5. The van der Waals surface area contributed by atoms with E-state index in [0.29, 0.717) is 11.5 Å². The molecule has 0 saturated carbocycles. The van der Waals surface area contributed by atoms with Crippen molar-refractivity contribution in [3.05, 3.63) is 59.7 Å². The van der Waals surface area contributed by atoms with Gasteiger partial charge in [-0.05, 0) is 44.2 Å². The zero-order valence-electron chi connectivity index (χ0n) is 17.1. The van der Waals surface area contributed by atoms with Gasteiger partial charge in [-0.15, -0.1) is 0 Å². The van der Waals surface area contributed by atoms with Gasteiger partial charge < -0.3 is 15.2 Å². The summed E-state index contributed by atoms with van der Waals surface area (Å²) in [5.74, 6) is 0.166. The number of rotatable bonds is 5. The van der Waals surface area contributed by atoms with Crippen molar-refractivity contribution in [1.29, 1.82) is 0 Å². The van der Waals surface area contributed by atoms with Crippen molar-refractivity contribution in [2.75, 3.05) is 12.4 Å². The van der Waals surface area contributed by atoms with E-state index in [9.17, 15) is 9.59 Å². The summed E-state index contributed by atoms with van der Waals surface area (Å²) in [6, 6.07) is 13.0. The number of hydrogen-bond acceptors (Lipinski definition) is 5. The Hall–Kier alpha value is -3.81. The molecule has 2 heterocycles. The fraction of sp³-hybridized carbons (Fsp3) is 0.227. The summed E-state index contributed by atoms with van der Waals surface area (Å²) in [6.45, 7) is 3.87. The number of aromatic nitrogens is 4. The summed E-state index contributed by atoms with van der Waals surface area (Å²) in [6.07, 6.45) is 0.0999. The van der Waals surface area contributed by atoms with Crippen LogP contribution in [0.1, 0.15) is 17.2 Å². The molecule has 4 aromatic rings. The molecular weight excluding hydrogens is 380 g/mol. The van der Waals surface area contributed by atoms with E-state index < -0.39 is 0 Å². The summed E-state index contributed by atoms with van der Waals surface area (Å²) in [7, 11) is 1.58. The molecule has 2 amide bonds. The number of carbonyl (C=O) groups excluding carboxylic acids is 2. The van der Waals surface area contributed by atoms with Gasteiger partial charge in [0.15, 0.2) is 0 Å². The maximum Gasteiger partial charge on any atom is 0.244 e. The average Bonchev–Trinajstić information content (AvgIpc) is 3.06. The largest absolute Gasteiger partial charge is 0.359 e. The zero-order chi connectivity index (χ0) is 21.3. The Labute approximate surface area is 173 Å². The van der Waals surface area contributed by atoms with Gasteiger partial charge in [0.2, 0.25) is 11.8 Å². The highest BCUT2D eigenvalue weighted by Gasteiger charge is 2.16. The van der Waals surface area contributed by atoms with E-state index in [4.69, 9.17) is 0 Å². The molecule has 0 aliphatic rings. The van der Waals surface area contributed by atoms with Gasteiger partial charge in [0, 0.05) is 12.7 Å². The van der Waals surface area contributed by atoms with Crippen LogP contribution in [-0.2, 0) is 22.6 Å². The zero-order valence-corrected chi connectivity index (χ0v) is 17.1. The molecule has 0 atom stereocenters. The molecule has 2 aromatic carbocycles. The van der Waals surface area contributed by atoms with Gasteiger partial charge >= 0.3 is 0 Å². The van der Waals surface area contributed by atoms with Crippen LogP contribution >= 0.6 is 0 Å². The van der Waals surface area contributed by atoms with E-state index in [0.717, 1.165) is 33.5 Å². The monoisotopic (exact) mass is 402 g/mol. The van der Waals surface area contributed by atoms with Crippen LogP contribution in [0, 0.1) is 13.8 Å². The molecular formula is C22H22N6O2. The number of likely N-dealkylation sites (N-methyl/N-ethyl adjacent to an activating group) is 1. The molecule has 0 unspecified atom stereocenters. The molecule has 0 saturated heterocycles. The lowest BCUT2D eigenvalue weighted by Crippen LogP contribution is -2.25. The van der Waals surface area contributed by atoms with Crippen molar-refractivity contribution < 1.29 is 9.59 Å². The number of nitrogens with zero attached hydrogens (tertiary/aromatic N) is 4. The fourth-order valence-electron chi connectivity index (χ4n) is 3.32. The Morgan fingerprint density at radius 3 is 2.40 bits per heavy atom. The van der Waals surface area contributed by atoms with Crippen LogP contribution in [0.25, 0.3) is 22.1 Å². The quantitative estimate of drug-likeness (QED) is 0.534. The molecule has 0 fully saturated rings. The van der Waals surface area contributed by atoms with E-state index in [-0.39, 0.29) is 24.8 Å². The lowest BCUT2D eigenvalue weighted by molar-refractivity contribution is -0.120. The normalized spacial score (nSPS) is 11.0. The first-order chi connectivity index (χ1) is 14.4. The van der Waals surface area contributed by atoms with Crippen LogP contribution < -0.4 is 10.6 Å².